The Balaban J connectivity index is 0.000000306. The summed E-state index contributed by atoms with van der Waals surface area (Å²) in [6, 6.07) is 20.6. The molecule has 8 nitrogen and oxygen atoms in total. The lowest BCUT2D eigenvalue weighted by Crippen LogP contribution is -2.21. The molecular formula is C32H34N4O4. The SMILES string of the molecule is CC1(C(=O)Nc2ccc(Oc3ccnc4cc(OCCCC5CC5)ccc34)cn2)CC1.O=CNc1ccccc1. The van der Waals surface area contributed by atoms with Gasteiger partial charge in [0.15, 0.2) is 0 Å². The zero-order chi connectivity index (χ0) is 27.8. The van der Waals surface area contributed by atoms with Crippen LogP contribution in [0.4, 0.5) is 11.5 Å². The zero-order valence-electron chi connectivity index (χ0n) is 22.6. The molecule has 0 spiro atoms. The van der Waals surface area contributed by atoms with Gasteiger partial charge in [0.05, 0.1) is 18.3 Å². The molecule has 2 aromatic carbocycles. The summed E-state index contributed by atoms with van der Waals surface area (Å²) in [7, 11) is 0. The number of rotatable bonds is 11. The number of anilines is 2. The topological polar surface area (TPSA) is 102 Å². The maximum atomic E-state index is 12.2. The molecule has 206 valence electrons. The van der Waals surface area contributed by atoms with Crippen molar-refractivity contribution in [3.8, 4) is 17.2 Å². The van der Waals surface area contributed by atoms with Gasteiger partial charge < -0.3 is 20.1 Å². The number of para-hydroxylation sites is 1. The van der Waals surface area contributed by atoms with Crippen molar-refractivity contribution in [3.05, 3.63) is 79.1 Å². The molecule has 0 unspecified atom stereocenters. The molecule has 2 aromatic heterocycles. The Hall–Kier alpha value is -4.46. The number of carbonyl (C=O) groups is 2. The number of hydrogen-bond donors (Lipinski definition) is 2. The van der Waals surface area contributed by atoms with E-state index in [1.807, 2.05) is 61.5 Å². The molecule has 0 radical (unpaired) electrons. The highest BCUT2D eigenvalue weighted by atomic mass is 16.5. The van der Waals surface area contributed by atoms with Gasteiger partial charge in [-0.1, -0.05) is 38.0 Å². The lowest BCUT2D eigenvalue weighted by molar-refractivity contribution is -0.120. The number of benzene rings is 2. The molecule has 4 aromatic rings. The van der Waals surface area contributed by atoms with Crippen LogP contribution >= 0.6 is 0 Å². The Labute approximate surface area is 234 Å². The van der Waals surface area contributed by atoms with Crippen LogP contribution in [-0.4, -0.2) is 28.9 Å². The molecule has 8 heteroatoms. The largest absolute Gasteiger partial charge is 0.494 e. The smallest absolute Gasteiger partial charge is 0.231 e. The monoisotopic (exact) mass is 538 g/mol. The predicted molar refractivity (Wildman–Crippen MR) is 156 cm³/mol. The molecule has 2 aliphatic rings. The molecule has 2 heterocycles. The van der Waals surface area contributed by atoms with Crippen LogP contribution in [0.3, 0.4) is 0 Å². The van der Waals surface area contributed by atoms with E-state index in [2.05, 4.69) is 20.6 Å². The minimum Gasteiger partial charge on any atom is -0.494 e. The molecule has 2 amide bonds. The summed E-state index contributed by atoms with van der Waals surface area (Å²) >= 11 is 0. The Kier molecular flexibility index (Phi) is 8.54. The van der Waals surface area contributed by atoms with Gasteiger partial charge in [-0.15, -0.1) is 0 Å². The summed E-state index contributed by atoms with van der Waals surface area (Å²) < 4.78 is 11.9. The highest BCUT2D eigenvalue weighted by molar-refractivity contribution is 5.96. The first-order chi connectivity index (χ1) is 19.5. The van der Waals surface area contributed by atoms with Crippen molar-refractivity contribution in [1.29, 1.82) is 0 Å². The number of amides is 2. The maximum absolute atomic E-state index is 12.2. The van der Waals surface area contributed by atoms with Crippen molar-refractivity contribution in [2.45, 2.75) is 45.4 Å². The van der Waals surface area contributed by atoms with Gasteiger partial charge in [-0.2, -0.15) is 0 Å². The standard InChI is InChI=1S/C25H27N3O3.C7H7NO/c1-25(11-12-25)24(29)28-23-9-7-19(16-27-23)31-22-10-13-26-21-15-18(6-8-20(21)22)30-14-2-3-17-4-5-17;9-6-8-7-4-2-1-3-5-7/h6-10,13,15-17H,2-5,11-12,14H2,1H3,(H,27,28,29);1-6H,(H,8,9). The first-order valence-corrected chi connectivity index (χ1v) is 13.7. The van der Waals surface area contributed by atoms with Crippen molar-refractivity contribution in [3.63, 3.8) is 0 Å². The number of nitrogens with zero attached hydrogens (tertiary/aromatic N) is 2. The van der Waals surface area contributed by atoms with Gasteiger partial charge in [-0.25, -0.2) is 4.98 Å². The summed E-state index contributed by atoms with van der Waals surface area (Å²) in [5.41, 5.74) is 1.42. The van der Waals surface area contributed by atoms with Gasteiger partial charge in [0.1, 0.15) is 23.1 Å². The van der Waals surface area contributed by atoms with Crippen LogP contribution in [0.1, 0.15) is 45.4 Å². The third kappa shape index (κ3) is 7.56. The minimum absolute atomic E-state index is 0.0272. The van der Waals surface area contributed by atoms with Crippen LogP contribution in [0.5, 0.6) is 17.2 Å². The molecule has 40 heavy (non-hydrogen) atoms. The lowest BCUT2D eigenvalue weighted by Gasteiger charge is -2.12. The minimum atomic E-state index is -0.230. The van der Waals surface area contributed by atoms with E-state index in [9.17, 15) is 9.59 Å². The Morgan fingerprint density at radius 2 is 1.82 bits per heavy atom. The van der Waals surface area contributed by atoms with Gasteiger partial charge >= 0.3 is 0 Å². The second-order valence-corrected chi connectivity index (χ2v) is 10.5. The summed E-state index contributed by atoms with van der Waals surface area (Å²) in [6.45, 7) is 2.71. The van der Waals surface area contributed by atoms with E-state index in [1.54, 1.807) is 24.5 Å². The lowest BCUT2D eigenvalue weighted by atomic mass is 10.1. The third-order valence-electron chi connectivity index (χ3n) is 7.15. The average molecular weight is 539 g/mol. The van der Waals surface area contributed by atoms with Gasteiger partial charge in [0, 0.05) is 28.8 Å². The van der Waals surface area contributed by atoms with Crippen molar-refractivity contribution >= 4 is 34.7 Å². The Bertz CT molecular complexity index is 1430. The van der Waals surface area contributed by atoms with Crippen LogP contribution in [0.15, 0.2) is 79.1 Å². The van der Waals surface area contributed by atoms with Crippen molar-refractivity contribution in [2.75, 3.05) is 17.2 Å². The van der Waals surface area contributed by atoms with E-state index in [4.69, 9.17) is 9.47 Å². The number of aromatic nitrogens is 2. The molecule has 0 aliphatic heterocycles. The highest BCUT2D eigenvalue weighted by Gasteiger charge is 2.44. The second kappa shape index (κ2) is 12.6. The fourth-order valence-electron chi connectivity index (χ4n) is 4.17. The van der Waals surface area contributed by atoms with E-state index >= 15 is 0 Å². The molecule has 2 N–H and O–H groups in total. The molecule has 6 rings (SSSR count). The Morgan fingerprint density at radius 3 is 2.52 bits per heavy atom. The molecule has 2 aliphatic carbocycles. The van der Waals surface area contributed by atoms with E-state index in [0.29, 0.717) is 23.7 Å². The second-order valence-electron chi connectivity index (χ2n) is 10.5. The molecule has 0 atom stereocenters. The normalized spacial score (nSPS) is 14.8. The summed E-state index contributed by atoms with van der Waals surface area (Å²) in [4.78, 5) is 30.8. The third-order valence-corrected chi connectivity index (χ3v) is 7.15. The van der Waals surface area contributed by atoms with Crippen molar-refractivity contribution < 1.29 is 19.1 Å². The number of ether oxygens (including phenoxy) is 2. The summed E-state index contributed by atoms with van der Waals surface area (Å²) in [5, 5.41) is 6.31. The fourth-order valence-corrected chi connectivity index (χ4v) is 4.17. The number of fused-ring (bicyclic) bond motifs is 1. The van der Waals surface area contributed by atoms with Crippen LogP contribution < -0.4 is 20.1 Å². The summed E-state index contributed by atoms with van der Waals surface area (Å²) in [5.74, 6) is 3.63. The number of nitrogens with one attached hydrogen (secondary N) is 2. The van der Waals surface area contributed by atoms with Gasteiger partial charge in [-0.05, 0) is 74.1 Å². The molecule has 0 bridgehead atoms. The first kappa shape index (κ1) is 27.1. The van der Waals surface area contributed by atoms with E-state index in [-0.39, 0.29) is 11.3 Å². The highest BCUT2D eigenvalue weighted by Crippen LogP contribution is 2.45. The van der Waals surface area contributed by atoms with Crippen LogP contribution in [0.25, 0.3) is 10.9 Å². The van der Waals surface area contributed by atoms with Crippen molar-refractivity contribution in [2.24, 2.45) is 11.3 Å². The predicted octanol–water partition coefficient (Wildman–Crippen LogP) is 6.98. The molecular weight excluding hydrogens is 504 g/mol. The van der Waals surface area contributed by atoms with Crippen molar-refractivity contribution in [1.82, 2.24) is 9.97 Å². The molecule has 2 fully saturated rings. The number of hydrogen-bond acceptors (Lipinski definition) is 6. The number of carbonyl (C=O) groups excluding carboxylic acids is 2. The quantitative estimate of drug-likeness (QED) is 0.158. The fraction of sp³-hybridized carbons (Fsp3) is 0.312. The van der Waals surface area contributed by atoms with E-state index in [0.717, 1.165) is 54.1 Å². The van der Waals surface area contributed by atoms with Crippen LogP contribution in [-0.2, 0) is 9.59 Å². The summed E-state index contributed by atoms with van der Waals surface area (Å²) in [6.07, 6.45) is 11.0. The first-order valence-electron chi connectivity index (χ1n) is 13.7. The maximum Gasteiger partial charge on any atom is 0.231 e. The van der Waals surface area contributed by atoms with Crippen LogP contribution in [0.2, 0.25) is 0 Å². The van der Waals surface area contributed by atoms with Crippen LogP contribution in [0, 0.1) is 11.3 Å². The zero-order valence-corrected chi connectivity index (χ0v) is 22.6. The van der Waals surface area contributed by atoms with E-state index in [1.165, 1.54) is 19.3 Å². The van der Waals surface area contributed by atoms with Gasteiger partial charge in [0.2, 0.25) is 12.3 Å². The molecule has 0 saturated heterocycles. The number of pyridine rings is 2. The van der Waals surface area contributed by atoms with Gasteiger partial charge in [0.25, 0.3) is 0 Å². The Morgan fingerprint density at radius 1 is 1.02 bits per heavy atom. The van der Waals surface area contributed by atoms with Gasteiger partial charge in [-0.3, -0.25) is 14.6 Å². The van der Waals surface area contributed by atoms with E-state index < -0.39 is 0 Å². The molecule has 2 saturated carbocycles. The average Bonchev–Trinajstić information content (AvgIpc) is 3.92.